The standard InChI is InChI=1S/C18H30S2/c1-2-3-4-5-6-7-8-9-10-11-16-20-18-14-12-17(19)13-15-18/h12-15,19H,2-11,16H2,1H3. The first kappa shape index (κ1) is 18.0. The van der Waals surface area contributed by atoms with Crippen molar-refractivity contribution < 1.29 is 0 Å². The Balaban J connectivity index is 1.84. The van der Waals surface area contributed by atoms with E-state index in [0.717, 1.165) is 4.90 Å². The number of unbranched alkanes of at least 4 members (excludes halogenated alkanes) is 9. The van der Waals surface area contributed by atoms with Gasteiger partial charge in [-0.1, -0.05) is 64.7 Å². The number of rotatable bonds is 12. The number of hydrogen-bond donors (Lipinski definition) is 1. The number of hydrogen-bond acceptors (Lipinski definition) is 2. The topological polar surface area (TPSA) is 0 Å². The van der Waals surface area contributed by atoms with E-state index in [9.17, 15) is 0 Å². The summed E-state index contributed by atoms with van der Waals surface area (Å²) in [4.78, 5) is 2.42. The quantitative estimate of drug-likeness (QED) is 0.246. The molecule has 0 N–H and O–H groups in total. The molecule has 0 aliphatic heterocycles. The van der Waals surface area contributed by atoms with Gasteiger partial charge in [-0.15, -0.1) is 24.4 Å². The van der Waals surface area contributed by atoms with Crippen molar-refractivity contribution in [1.29, 1.82) is 0 Å². The van der Waals surface area contributed by atoms with Crippen LogP contribution in [-0.4, -0.2) is 5.75 Å². The monoisotopic (exact) mass is 310 g/mol. The molecule has 2 heteroatoms. The maximum atomic E-state index is 4.31. The van der Waals surface area contributed by atoms with Crippen molar-refractivity contribution in [3.63, 3.8) is 0 Å². The van der Waals surface area contributed by atoms with Gasteiger partial charge in [0.1, 0.15) is 0 Å². The van der Waals surface area contributed by atoms with E-state index in [1.165, 1.54) is 74.9 Å². The zero-order valence-corrected chi connectivity index (χ0v) is 14.7. The third-order valence-electron chi connectivity index (χ3n) is 3.60. The largest absolute Gasteiger partial charge is 0.143 e. The van der Waals surface area contributed by atoms with Gasteiger partial charge in [-0.2, -0.15) is 0 Å². The van der Waals surface area contributed by atoms with Crippen molar-refractivity contribution >= 4 is 24.4 Å². The average molecular weight is 311 g/mol. The summed E-state index contributed by atoms with van der Waals surface area (Å²) in [5.74, 6) is 1.25. The van der Waals surface area contributed by atoms with Crippen molar-refractivity contribution in [3.05, 3.63) is 24.3 Å². The van der Waals surface area contributed by atoms with Crippen LogP contribution < -0.4 is 0 Å². The molecule has 0 fully saturated rings. The summed E-state index contributed by atoms with van der Waals surface area (Å²) in [6.07, 6.45) is 14.2. The van der Waals surface area contributed by atoms with Crippen LogP contribution in [0.1, 0.15) is 71.1 Å². The summed E-state index contributed by atoms with van der Waals surface area (Å²) in [5.41, 5.74) is 0. The molecule has 0 atom stereocenters. The summed E-state index contributed by atoms with van der Waals surface area (Å²) < 4.78 is 0. The zero-order valence-electron chi connectivity index (χ0n) is 12.9. The number of thiol groups is 1. The molecule has 0 spiro atoms. The van der Waals surface area contributed by atoms with Crippen LogP contribution in [0.25, 0.3) is 0 Å². The van der Waals surface area contributed by atoms with Gasteiger partial charge in [0.05, 0.1) is 0 Å². The summed E-state index contributed by atoms with van der Waals surface area (Å²) in [7, 11) is 0. The summed E-state index contributed by atoms with van der Waals surface area (Å²) >= 11 is 6.28. The highest BCUT2D eigenvalue weighted by Gasteiger charge is 1.95. The highest BCUT2D eigenvalue weighted by Crippen LogP contribution is 2.21. The number of thioether (sulfide) groups is 1. The molecule has 1 rings (SSSR count). The Hall–Kier alpha value is -0.0800. The van der Waals surface area contributed by atoms with E-state index < -0.39 is 0 Å². The molecule has 1 aromatic carbocycles. The lowest BCUT2D eigenvalue weighted by atomic mass is 10.1. The minimum atomic E-state index is 1.05. The van der Waals surface area contributed by atoms with Crippen LogP contribution in [0.4, 0.5) is 0 Å². The van der Waals surface area contributed by atoms with Gasteiger partial charge in [-0.05, 0) is 36.4 Å². The third kappa shape index (κ3) is 9.77. The Kier molecular flexibility index (Phi) is 11.4. The van der Waals surface area contributed by atoms with Crippen molar-refractivity contribution in [2.24, 2.45) is 0 Å². The van der Waals surface area contributed by atoms with Crippen molar-refractivity contribution in [2.75, 3.05) is 5.75 Å². The van der Waals surface area contributed by atoms with Crippen LogP contribution in [-0.2, 0) is 0 Å². The Morgan fingerprint density at radius 1 is 0.750 bits per heavy atom. The Morgan fingerprint density at radius 2 is 1.25 bits per heavy atom. The normalized spacial score (nSPS) is 10.9. The van der Waals surface area contributed by atoms with Gasteiger partial charge in [-0.25, -0.2) is 0 Å². The fourth-order valence-electron chi connectivity index (χ4n) is 2.32. The third-order valence-corrected chi connectivity index (χ3v) is 5.00. The SMILES string of the molecule is CCCCCCCCCCCCSc1ccc(S)cc1. The Morgan fingerprint density at radius 3 is 1.80 bits per heavy atom. The van der Waals surface area contributed by atoms with E-state index in [0.29, 0.717) is 0 Å². The minimum absolute atomic E-state index is 1.05. The molecule has 0 unspecified atom stereocenters. The van der Waals surface area contributed by atoms with Crippen LogP contribution in [0.15, 0.2) is 34.1 Å². The molecule has 0 amide bonds. The van der Waals surface area contributed by atoms with Gasteiger partial charge in [0.25, 0.3) is 0 Å². The van der Waals surface area contributed by atoms with Crippen molar-refractivity contribution in [3.8, 4) is 0 Å². The molecule has 0 saturated heterocycles. The second-order valence-electron chi connectivity index (χ2n) is 5.52. The molecule has 1 aromatic rings. The summed E-state index contributed by atoms with van der Waals surface area (Å²) in [6, 6.07) is 8.49. The minimum Gasteiger partial charge on any atom is -0.143 e. The molecule has 0 aromatic heterocycles. The van der Waals surface area contributed by atoms with Crippen LogP contribution in [0.3, 0.4) is 0 Å². The second kappa shape index (κ2) is 12.6. The van der Waals surface area contributed by atoms with Crippen LogP contribution >= 0.6 is 24.4 Å². The van der Waals surface area contributed by atoms with Gasteiger partial charge in [0.2, 0.25) is 0 Å². The molecule has 0 heterocycles. The van der Waals surface area contributed by atoms with Gasteiger partial charge in [-0.3, -0.25) is 0 Å². The Bertz CT molecular complexity index is 319. The summed E-state index contributed by atoms with van der Waals surface area (Å²) in [6.45, 7) is 2.28. The van der Waals surface area contributed by atoms with Gasteiger partial charge in [0, 0.05) is 9.79 Å². The lowest BCUT2D eigenvalue weighted by Crippen LogP contribution is -1.84. The molecule has 0 saturated carbocycles. The predicted molar refractivity (Wildman–Crippen MR) is 96.3 cm³/mol. The first-order valence-corrected chi connectivity index (χ1v) is 9.68. The van der Waals surface area contributed by atoms with Crippen molar-refractivity contribution in [1.82, 2.24) is 0 Å². The van der Waals surface area contributed by atoms with E-state index in [2.05, 4.69) is 43.8 Å². The molecule has 0 aliphatic carbocycles. The lowest BCUT2D eigenvalue weighted by molar-refractivity contribution is 0.563. The zero-order chi connectivity index (χ0) is 14.5. The van der Waals surface area contributed by atoms with Crippen LogP contribution in [0.2, 0.25) is 0 Å². The fourth-order valence-corrected chi connectivity index (χ4v) is 3.38. The first-order chi connectivity index (χ1) is 9.83. The van der Waals surface area contributed by atoms with Gasteiger partial charge >= 0.3 is 0 Å². The highest BCUT2D eigenvalue weighted by atomic mass is 32.2. The predicted octanol–water partition coefficient (Wildman–Crippen LogP) is 6.99. The average Bonchev–Trinajstić information content (AvgIpc) is 2.47. The van der Waals surface area contributed by atoms with E-state index in [4.69, 9.17) is 0 Å². The molecule has 20 heavy (non-hydrogen) atoms. The molecule has 0 aliphatic rings. The van der Waals surface area contributed by atoms with Crippen LogP contribution in [0, 0.1) is 0 Å². The molecule has 114 valence electrons. The molecule has 0 radical (unpaired) electrons. The van der Waals surface area contributed by atoms with E-state index in [1.54, 1.807) is 0 Å². The molecular formula is C18H30S2. The number of benzene rings is 1. The maximum absolute atomic E-state index is 4.31. The van der Waals surface area contributed by atoms with Gasteiger partial charge < -0.3 is 0 Å². The van der Waals surface area contributed by atoms with Gasteiger partial charge in [0.15, 0.2) is 0 Å². The van der Waals surface area contributed by atoms with Crippen molar-refractivity contribution in [2.45, 2.75) is 80.9 Å². The lowest BCUT2D eigenvalue weighted by Gasteiger charge is -2.03. The fraction of sp³-hybridized carbons (Fsp3) is 0.667. The highest BCUT2D eigenvalue weighted by molar-refractivity contribution is 7.99. The smallest absolute Gasteiger partial charge is 0.00727 e. The van der Waals surface area contributed by atoms with E-state index in [-0.39, 0.29) is 0 Å². The Labute approximate surface area is 135 Å². The van der Waals surface area contributed by atoms with Crippen LogP contribution in [0.5, 0.6) is 0 Å². The maximum Gasteiger partial charge on any atom is 0.00727 e. The second-order valence-corrected chi connectivity index (χ2v) is 7.21. The summed E-state index contributed by atoms with van der Waals surface area (Å²) in [5, 5.41) is 0. The molecular weight excluding hydrogens is 280 g/mol. The van der Waals surface area contributed by atoms with E-state index in [1.807, 2.05) is 11.8 Å². The molecule has 0 bridgehead atoms. The first-order valence-electron chi connectivity index (χ1n) is 8.24. The van der Waals surface area contributed by atoms with E-state index >= 15 is 0 Å². The molecule has 0 nitrogen and oxygen atoms in total.